The predicted octanol–water partition coefficient (Wildman–Crippen LogP) is 0.458. The van der Waals surface area contributed by atoms with E-state index in [9.17, 15) is 13.2 Å². The van der Waals surface area contributed by atoms with Crippen LogP contribution in [0.2, 0.25) is 0 Å². The lowest BCUT2D eigenvalue weighted by molar-refractivity contribution is -0.130. The standard InChI is InChI=1S/C13H29N3O3S/c1-6-15(7-2)13(17)9-12-16(20(5,18)19)11-8-10-14(3)4/h6-12H2,1-5H3. The Morgan fingerprint density at radius 2 is 1.55 bits per heavy atom. The zero-order valence-electron chi connectivity index (χ0n) is 13.4. The van der Waals surface area contributed by atoms with E-state index >= 15 is 0 Å². The predicted molar refractivity (Wildman–Crippen MR) is 82.1 cm³/mol. The van der Waals surface area contributed by atoms with Crippen molar-refractivity contribution in [1.82, 2.24) is 14.1 Å². The van der Waals surface area contributed by atoms with Crippen LogP contribution in [0.4, 0.5) is 0 Å². The van der Waals surface area contributed by atoms with Crippen LogP contribution in [-0.4, -0.2) is 81.5 Å². The van der Waals surface area contributed by atoms with Gasteiger partial charge in [-0.2, -0.15) is 0 Å². The Kier molecular flexibility index (Phi) is 9.00. The molecule has 0 aliphatic carbocycles. The minimum absolute atomic E-state index is 0.0104. The summed E-state index contributed by atoms with van der Waals surface area (Å²) in [4.78, 5) is 15.7. The van der Waals surface area contributed by atoms with Crippen molar-refractivity contribution < 1.29 is 13.2 Å². The fourth-order valence-corrected chi connectivity index (χ4v) is 2.85. The molecule has 1 amide bonds. The molecule has 0 atom stereocenters. The topological polar surface area (TPSA) is 60.9 Å². The molecule has 0 bridgehead atoms. The third kappa shape index (κ3) is 7.81. The van der Waals surface area contributed by atoms with Gasteiger partial charge in [0.15, 0.2) is 0 Å². The molecule has 0 aromatic carbocycles. The van der Waals surface area contributed by atoms with Crippen LogP contribution >= 0.6 is 0 Å². The van der Waals surface area contributed by atoms with E-state index in [1.807, 2.05) is 32.8 Å². The molecule has 0 rings (SSSR count). The number of sulfonamides is 1. The van der Waals surface area contributed by atoms with E-state index in [4.69, 9.17) is 0 Å². The Morgan fingerprint density at radius 1 is 1.00 bits per heavy atom. The van der Waals surface area contributed by atoms with Gasteiger partial charge in [-0.25, -0.2) is 12.7 Å². The Hall–Kier alpha value is -0.660. The summed E-state index contributed by atoms with van der Waals surface area (Å²) in [7, 11) is 0.653. The summed E-state index contributed by atoms with van der Waals surface area (Å²) >= 11 is 0. The van der Waals surface area contributed by atoms with Gasteiger partial charge in [0.25, 0.3) is 0 Å². The number of carbonyl (C=O) groups is 1. The van der Waals surface area contributed by atoms with Crippen LogP contribution in [0.5, 0.6) is 0 Å². The third-order valence-corrected chi connectivity index (χ3v) is 4.48. The average molecular weight is 307 g/mol. The quantitative estimate of drug-likeness (QED) is 0.588. The molecule has 0 spiro atoms. The molecule has 20 heavy (non-hydrogen) atoms. The summed E-state index contributed by atoms with van der Waals surface area (Å²) in [5.41, 5.74) is 0. The number of nitrogens with zero attached hydrogens (tertiary/aromatic N) is 3. The second-order valence-electron chi connectivity index (χ2n) is 5.13. The van der Waals surface area contributed by atoms with Crippen LogP contribution in [0.15, 0.2) is 0 Å². The number of hydrogen-bond acceptors (Lipinski definition) is 4. The van der Waals surface area contributed by atoms with Gasteiger partial charge < -0.3 is 9.80 Å². The first-order chi connectivity index (χ1) is 9.22. The van der Waals surface area contributed by atoms with Crippen LogP contribution in [0.1, 0.15) is 26.7 Å². The zero-order valence-corrected chi connectivity index (χ0v) is 14.2. The molecular weight excluding hydrogens is 278 g/mol. The summed E-state index contributed by atoms with van der Waals surface area (Å²) in [6.45, 7) is 6.73. The molecule has 0 unspecified atom stereocenters. The van der Waals surface area contributed by atoms with Gasteiger partial charge in [-0.1, -0.05) is 0 Å². The van der Waals surface area contributed by atoms with E-state index in [0.29, 0.717) is 19.6 Å². The van der Waals surface area contributed by atoms with E-state index in [0.717, 1.165) is 13.0 Å². The van der Waals surface area contributed by atoms with Crippen LogP contribution in [0.25, 0.3) is 0 Å². The molecule has 0 N–H and O–H groups in total. The van der Waals surface area contributed by atoms with Gasteiger partial charge in [-0.05, 0) is 40.9 Å². The maximum atomic E-state index is 11.9. The fraction of sp³-hybridized carbons (Fsp3) is 0.923. The largest absolute Gasteiger partial charge is 0.343 e. The highest BCUT2D eigenvalue weighted by atomic mass is 32.2. The molecule has 6 nitrogen and oxygen atoms in total. The molecule has 0 aromatic rings. The van der Waals surface area contributed by atoms with E-state index in [1.165, 1.54) is 10.6 Å². The lowest BCUT2D eigenvalue weighted by Gasteiger charge is -2.23. The fourth-order valence-electron chi connectivity index (χ4n) is 1.96. The lowest BCUT2D eigenvalue weighted by atomic mass is 10.3. The average Bonchev–Trinajstić information content (AvgIpc) is 2.33. The van der Waals surface area contributed by atoms with Crippen LogP contribution in [0.3, 0.4) is 0 Å². The lowest BCUT2D eigenvalue weighted by Crippen LogP contribution is -2.37. The monoisotopic (exact) mass is 307 g/mol. The minimum Gasteiger partial charge on any atom is -0.343 e. The first-order valence-corrected chi connectivity index (χ1v) is 8.94. The van der Waals surface area contributed by atoms with Crippen molar-refractivity contribution in [3.8, 4) is 0 Å². The second kappa shape index (κ2) is 9.31. The van der Waals surface area contributed by atoms with E-state index in [-0.39, 0.29) is 18.9 Å². The Balaban J connectivity index is 4.42. The molecule has 7 heteroatoms. The highest BCUT2D eigenvalue weighted by Crippen LogP contribution is 2.04. The Morgan fingerprint density at radius 3 is 1.95 bits per heavy atom. The second-order valence-corrected chi connectivity index (χ2v) is 7.12. The molecule has 120 valence electrons. The van der Waals surface area contributed by atoms with Crippen LogP contribution in [0, 0.1) is 0 Å². The van der Waals surface area contributed by atoms with E-state index in [1.54, 1.807) is 4.90 Å². The Labute approximate surface area is 123 Å². The van der Waals surface area contributed by atoms with Gasteiger partial charge in [0.1, 0.15) is 0 Å². The molecule has 0 aliphatic rings. The summed E-state index contributed by atoms with van der Waals surface area (Å²) in [6, 6.07) is 0. The molecule has 0 saturated heterocycles. The first-order valence-electron chi connectivity index (χ1n) is 7.10. The minimum atomic E-state index is -3.25. The number of carbonyl (C=O) groups excluding carboxylic acids is 1. The molecule has 0 fully saturated rings. The normalized spacial score (nSPS) is 12.2. The van der Waals surface area contributed by atoms with Crippen molar-refractivity contribution in [1.29, 1.82) is 0 Å². The van der Waals surface area contributed by atoms with Gasteiger partial charge in [-0.15, -0.1) is 0 Å². The maximum absolute atomic E-state index is 11.9. The molecule has 0 aliphatic heterocycles. The van der Waals surface area contributed by atoms with Crippen molar-refractivity contribution in [3.05, 3.63) is 0 Å². The highest BCUT2D eigenvalue weighted by molar-refractivity contribution is 7.88. The van der Waals surface area contributed by atoms with Gasteiger partial charge in [0.05, 0.1) is 6.26 Å². The highest BCUT2D eigenvalue weighted by Gasteiger charge is 2.19. The SMILES string of the molecule is CCN(CC)C(=O)CCN(CCCN(C)C)S(C)(=O)=O. The van der Waals surface area contributed by atoms with Crippen molar-refractivity contribution >= 4 is 15.9 Å². The van der Waals surface area contributed by atoms with Gasteiger partial charge in [0.2, 0.25) is 15.9 Å². The van der Waals surface area contributed by atoms with Crippen molar-refractivity contribution in [2.24, 2.45) is 0 Å². The molecule has 0 heterocycles. The van der Waals surface area contributed by atoms with Crippen molar-refractivity contribution in [2.45, 2.75) is 26.7 Å². The molecular formula is C13H29N3O3S. The third-order valence-electron chi connectivity index (χ3n) is 3.17. The van der Waals surface area contributed by atoms with Crippen molar-refractivity contribution in [3.63, 3.8) is 0 Å². The van der Waals surface area contributed by atoms with E-state index < -0.39 is 10.0 Å². The van der Waals surface area contributed by atoms with Gasteiger partial charge in [-0.3, -0.25) is 4.79 Å². The number of hydrogen-bond donors (Lipinski definition) is 0. The van der Waals surface area contributed by atoms with Gasteiger partial charge >= 0.3 is 0 Å². The zero-order chi connectivity index (χ0) is 15.8. The molecule has 0 radical (unpaired) electrons. The molecule has 0 aromatic heterocycles. The summed E-state index contributed by atoms with van der Waals surface area (Å²) in [5, 5.41) is 0. The van der Waals surface area contributed by atoms with Crippen LogP contribution < -0.4 is 0 Å². The number of rotatable bonds is 10. The summed E-state index contributed by atoms with van der Waals surface area (Å²) < 4.78 is 24.8. The first kappa shape index (κ1) is 19.3. The maximum Gasteiger partial charge on any atom is 0.223 e. The summed E-state index contributed by atoms with van der Waals surface area (Å²) in [6.07, 6.45) is 2.21. The van der Waals surface area contributed by atoms with Gasteiger partial charge in [0, 0.05) is 32.6 Å². The summed E-state index contributed by atoms with van der Waals surface area (Å²) in [5.74, 6) is 0.0104. The Bertz CT molecular complexity index is 378. The number of amides is 1. The smallest absolute Gasteiger partial charge is 0.223 e. The van der Waals surface area contributed by atoms with E-state index in [2.05, 4.69) is 0 Å². The van der Waals surface area contributed by atoms with Crippen molar-refractivity contribution in [2.75, 3.05) is 53.1 Å². The molecule has 0 saturated carbocycles. The van der Waals surface area contributed by atoms with Crippen LogP contribution in [-0.2, 0) is 14.8 Å².